The molecule has 0 spiro atoms. The number of carbonyl (C=O) groups is 1. The zero-order valence-corrected chi connectivity index (χ0v) is 11.4. The Morgan fingerprint density at radius 2 is 2.33 bits per heavy atom. The van der Waals surface area contributed by atoms with Gasteiger partial charge in [-0.2, -0.15) is 0 Å². The number of hydrogen-bond donors (Lipinski definition) is 1. The molecule has 6 heteroatoms. The molecule has 2 heterocycles. The first-order valence-electron chi connectivity index (χ1n) is 5.52. The minimum absolute atomic E-state index is 0.0684. The zero-order valence-electron chi connectivity index (χ0n) is 10.6. The molecule has 96 valence electrons. The highest BCUT2D eigenvalue weighted by Gasteiger charge is 2.09. The first kappa shape index (κ1) is 12.6. The van der Waals surface area contributed by atoms with Gasteiger partial charge in [-0.1, -0.05) is 0 Å². The molecule has 0 bridgehead atoms. The molecule has 0 aliphatic carbocycles. The van der Waals surface area contributed by atoms with Gasteiger partial charge in [0.15, 0.2) is 10.6 Å². The Hall–Kier alpha value is -1.82. The summed E-state index contributed by atoms with van der Waals surface area (Å²) in [7, 11) is 3.71. The molecular formula is C12H15N3O2S. The molecule has 0 radical (unpaired) electrons. The summed E-state index contributed by atoms with van der Waals surface area (Å²) >= 11 is 1.57. The fourth-order valence-electron chi connectivity index (χ4n) is 1.62. The molecule has 0 aromatic carbocycles. The first-order chi connectivity index (χ1) is 8.61. The van der Waals surface area contributed by atoms with Gasteiger partial charge < -0.3 is 14.3 Å². The lowest BCUT2D eigenvalue weighted by molar-refractivity contribution is -0.119. The summed E-state index contributed by atoms with van der Waals surface area (Å²) in [5.74, 6) is 1.45. The van der Waals surface area contributed by atoms with Crippen molar-refractivity contribution < 1.29 is 9.21 Å². The van der Waals surface area contributed by atoms with Gasteiger partial charge in [-0.15, -0.1) is 11.3 Å². The summed E-state index contributed by atoms with van der Waals surface area (Å²) in [6, 6.07) is 3.77. The van der Waals surface area contributed by atoms with Crippen LogP contribution in [0.25, 0.3) is 11.5 Å². The van der Waals surface area contributed by atoms with E-state index >= 15 is 0 Å². The minimum atomic E-state index is -0.0684. The van der Waals surface area contributed by atoms with Crippen molar-refractivity contribution in [3.63, 3.8) is 0 Å². The number of amides is 1. The Balaban J connectivity index is 2.24. The lowest BCUT2D eigenvalue weighted by Crippen LogP contribution is -2.18. The van der Waals surface area contributed by atoms with Crippen molar-refractivity contribution in [1.82, 2.24) is 9.88 Å². The minimum Gasteiger partial charge on any atom is -0.458 e. The summed E-state index contributed by atoms with van der Waals surface area (Å²) in [6.45, 7) is 1.89. The van der Waals surface area contributed by atoms with Crippen LogP contribution in [0.1, 0.15) is 12.7 Å². The monoisotopic (exact) mass is 265 g/mol. The maximum atomic E-state index is 10.8. The molecule has 0 atom stereocenters. The second-order valence-electron chi connectivity index (χ2n) is 3.86. The maximum Gasteiger partial charge on any atom is 0.217 e. The van der Waals surface area contributed by atoms with Gasteiger partial charge in [0.05, 0.1) is 12.2 Å². The van der Waals surface area contributed by atoms with Crippen LogP contribution < -0.4 is 10.1 Å². The fourth-order valence-corrected chi connectivity index (χ4v) is 2.47. The average Bonchev–Trinajstić information content (AvgIpc) is 2.92. The van der Waals surface area contributed by atoms with Gasteiger partial charge in [0.2, 0.25) is 5.91 Å². The topological polar surface area (TPSA) is 59.5 Å². The van der Waals surface area contributed by atoms with E-state index in [9.17, 15) is 4.79 Å². The van der Waals surface area contributed by atoms with Crippen molar-refractivity contribution in [2.75, 3.05) is 7.05 Å². The number of thiazole rings is 1. The van der Waals surface area contributed by atoms with Gasteiger partial charge in [0.1, 0.15) is 5.76 Å². The Kier molecular flexibility index (Phi) is 3.66. The van der Waals surface area contributed by atoms with Crippen LogP contribution in [0, 0.1) is 0 Å². The number of aromatic nitrogens is 1. The van der Waals surface area contributed by atoms with E-state index in [-0.39, 0.29) is 5.91 Å². The summed E-state index contributed by atoms with van der Waals surface area (Å²) in [6.07, 6.45) is 0. The molecule has 5 nitrogen and oxygen atoms in total. The molecule has 1 N–H and O–H groups in total. The molecule has 2 aromatic heterocycles. The van der Waals surface area contributed by atoms with Gasteiger partial charge in [-0.25, -0.2) is 0 Å². The second kappa shape index (κ2) is 5.22. The SMILES string of the molecule is CN=c1scc(-c2ccc(CNC(C)=O)o2)n1C. The number of furan rings is 1. The number of nitrogens with zero attached hydrogens (tertiary/aromatic N) is 2. The first-order valence-corrected chi connectivity index (χ1v) is 6.40. The third-order valence-corrected chi connectivity index (χ3v) is 3.55. The van der Waals surface area contributed by atoms with Crippen LogP contribution in [0.5, 0.6) is 0 Å². The van der Waals surface area contributed by atoms with Crippen molar-refractivity contribution in [3.05, 3.63) is 28.1 Å². The van der Waals surface area contributed by atoms with Crippen LogP contribution in [0.3, 0.4) is 0 Å². The van der Waals surface area contributed by atoms with E-state index < -0.39 is 0 Å². The Morgan fingerprint density at radius 3 is 2.94 bits per heavy atom. The van der Waals surface area contributed by atoms with E-state index in [4.69, 9.17) is 4.42 Å². The van der Waals surface area contributed by atoms with Crippen molar-refractivity contribution in [3.8, 4) is 11.5 Å². The standard InChI is InChI=1S/C12H15N3O2S/c1-8(16)14-6-9-4-5-11(17-9)10-7-18-12(13-2)15(10)3/h4-5,7H,6H2,1-3H3,(H,14,16). The summed E-state index contributed by atoms with van der Waals surface area (Å²) < 4.78 is 7.67. The van der Waals surface area contributed by atoms with Crippen molar-refractivity contribution in [2.45, 2.75) is 13.5 Å². The molecular weight excluding hydrogens is 250 g/mol. The molecule has 1 amide bonds. The molecule has 0 aliphatic rings. The highest BCUT2D eigenvalue weighted by molar-refractivity contribution is 7.07. The van der Waals surface area contributed by atoms with E-state index in [1.807, 2.05) is 29.1 Å². The average molecular weight is 265 g/mol. The normalized spacial score (nSPS) is 11.8. The molecule has 0 saturated carbocycles. The van der Waals surface area contributed by atoms with Crippen LogP contribution in [-0.4, -0.2) is 17.5 Å². The number of nitrogens with one attached hydrogen (secondary N) is 1. The molecule has 2 aromatic rings. The van der Waals surface area contributed by atoms with E-state index in [0.29, 0.717) is 6.54 Å². The maximum absolute atomic E-state index is 10.8. The van der Waals surface area contributed by atoms with Crippen LogP contribution in [-0.2, 0) is 18.4 Å². The van der Waals surface area contributed by atoms with Crippen LogP contribution in [0.4, 0.5) is 0 Å². The highest BCUT2D eigenvalue weighted by Crippen LogP contribution is 2.22. The quantitative estimate of drug-likeness (QED) is 0.914. The van der Waals surface area contributed by atoms with Crippen molar-refractivity contribution >= 4 is 17.2 Å². The van der Waals surface area contributed by atoms with Gasteiger partial charge in [0.25, 0.3) is 0 Å². The zero-order chi connectivity index (χ0) is 13.1. The summed E-state index contributed by atoms with van der Waals surface area (Å²) in [4.78, 5) is 15.9. The Labute approximate surface area is 109 Å². The predicted molar refractivity (Wildman–Crippen MR) is 70.0 cm³/mol. The fraction of sp³-hybridized carbons (Fsp3) is 0.333. The van der Waals surface area contributed by atoms with Crippen LogP contribution >= 0.6 is 11.3 Å². The van der Waals surface area contributed by atoms with Gasteiger partial charge in [-0.3, -0.25) is 9.79 Å². The third-order valence-electron chi connectivity index (χ3n) is 2.54. The van der Waals surface area contributed by atoms with E-state index in [0.717, 1.165) is 22.0 Å². The smallest absolute Gasteiger partial charge is 0.217 e. The summed E-state index contributed by atoms with van der Waals surface area (Å²) in [5.41, 5.74) is 0.981. The highest BCUT2D eigenvalue weighted by atomic mass is 32.1. The molecule has 2 rings (SSSR count). The third kappa shape index (κ3) is 2.53. The molecule has 0 saturated heterocycles. The number of hydrogen-bond acceptors (Lipinski definition) is 4. The van der Waals surface area contributed by atoms with Crippen molar-refractivity contribution in [1.29, 1.82) is 0 Å². The second-order valence-corrected chi connectivity index (χ2v) is 4.70. The van der Waals surface area contributed by atoms with E-state index in [1.54, 1.807) is 18.4 Å². The number of rotatable bonds is 3. The van der Waals surface area contributed by atoms with Gasteiger partial charge in [-0.05, 0) is 12.1 Å². The largest absolute Gasteiger partial charge is 0.458 e. The Morgan fingerprint density at radius 1 is 1.56 bits per heavy atom. The molecule has 0 fully saturated rings. The van der Waals surface area contributed by atoms with Crippen LogP contribution in [0.15, 0.2) is 26.9 Å². The van der Waals surface area contributed by atoms with Crippen molar-refractivity contribution in [2.24, 2.45) is 12.0 Å². The summed E-state index contributed by atoms with van der Waals surface area (Å²) in [5, 5.41) is 4.71. The molecule has 18 heavy (non-hydrogen) atoms. The van der Waals surface area contributed by atoms with Gasteiger partial charge >= 0.3 is 0 Å². The van der Waals surface area contributed by atoms with Gasteiger partial charge in [0, 0.05) is 26.4 Å². The van der Waals surface area contributed by atoms with Crippen LogP contribution in [0.2, 0.25) is 0 Å². The predicted octanol–water partition coefficient (Wildman–Crippen LogP) is 1.51. The lowest BCUT2D eigenvalue weighted by atomic mass is 10.3. The molecule has 0 unspecified atom stereocenters. The number of carbonyl (C=O) groups excluding carboxylic acids is 1. The molecule has 0 aliphatic heterocycles. The van der Waals surface area contributed by atoms with E-state index in [2.05, 4.69) is 10.3 Å². The van der Waals surface area contributed by atoms with E-state index in [1.165, 1.54) is 6.92 Å². The Bertz CT molecular complexity index is 621. The lowest BCUT2D eigenvalue weighted by Gasteiger charge is -2.00.